The Morgan fingerprint density at radius 1 is 1.14 bits per heavy atom. The lowest BCUT2D eigenvalue weighted by atomic mass is 10.1. The molecule has 1 N–H and O–H groups in total. The Morgan fingerprint density at radius 2 is 1.90 bits per heavy atom. The number of hydrogen-bond acceptors (Lipinski definition) is 4. The van der Waals surface area contributed by atoms with E-state index in [-0.39, 0.29) is 6.10 Å². The van der Waals surface area contributed by atoms with Gasteiger partial charge in [-0.15, -0.1) is 0 Å². The van der Waals surface area contributed by atoms with Crippen LogP contribution in [0.3, 0.4) is 0 Å². The van der Waals surface area contributed by atoms with Crippen LogP contribution in [0, 0.1) is 13.8 Å². The third-order valence-electron chi connectivity index (χ3n) is 5.78. The molecule has 1 aliphatic rings. The zero-order valence-corrected chi connectivity index (χ0v) is 18.1. The van der Waals surface area contributed by atoms with E-state index >= 15 is 0 Å². The summed E-state index contributed by atoms with van der Waals surface area (Å²) in [4.78, 5) is 2.30. The summed E-state index contributed by atoms with van der Waals surface area (Å²) in [6.45, 7) is 9.67. The fraction of sp³-hybridized carbons (Fsp3) is 0.520. The minimum atomic E-state index is -0.550. The number of aliphatic hydroxyl groups excluding tert-OH is 1. The number of nitrogens with zero attached hydrogens (tertiary/aromatic N) is 1. The molecule has 1 saturated heterocycles. The Balaban J connectivity index is 1.59. The maximum atomic E-state index is 10.7. The van der Waals surface area contributed by atoms with Gasteiger partial charge in [0.25, 0.3) is 0 Å². The summed E-state index contributed by atoms with van der Waals surface area (Å²) in [6, 6.07) is 14.8. The van der Waals surface area contributed by atoms with Gasteiger partial charge in [0.1, 0.15) is 18.5 Å². The predicted molar refractivity (Wildman–Crippen MR) is 117 cm³/mol. The Hall–Kier alpha value is -1.88. The van der Waals surface area contributed by atoms with Crippen molar-refractivity contribution >= 4 is 0 Å². The molecule has 0 amide bonds. The molecule has 2 unspecified atom stereocenters. The number of aryl methyl sites for hydroxylation is 2. The number of benzene rings is 2. The largest absolute Gasteiger partial charge is 0.491 e. The van der Waals surface area contributed by atoms with E-state index in [0.29, 0.717) is 13.2 Å². The highest BCUT2D eigenvalue weighted by Crippen LogP contribution is 2.21. The molecular weight excluding hydrogens is 362 g/mol. The molecule has 0 aliphatic carbocycles. The third-order valence-corrected chi connectivity index (χ3v) is 5.78. The van der Waals surface area contributed by atoms with E-state index in [2.05, 4.69) is 56.0 Å². The monoisotopic (exact) mass is 397 g/mol. The maximum Gasteiger partial charge on any atom is 0.122 e. The van der Waals surface area contributed by atoms with Crippen LogP contribution in [0.15, 0.2) is 42.5 Å². The first kappa shape index (κ1) is 21.8. The molecule has 0 aromatic heterocycles. The molecule has 1 heterocycles. The highest BCUT2D eigenvalue weighted by Gasteiger charge is 2.21. The van der Waals surface area contributed by atoms with Gasteiger partial charge in [0.05, 0.1) is 6.10 Å². The fourth-order valence-corrected chi connectivity index (χ4v) is 3.84. The van der Waals surface area contributed by atoms with Crippen LogP contribution in [0.25, 0.3) is 0 Å². The molecule has 2 aromatic rings. The van der Waals surface area contributed by atoms with Gasteiger partial charge < -0.3 is 14.6 Å². The second-order valence-electron chi connectivity index (χ2n) is 8.16. The molecule has 0 saturated carbocycles. The summed E-state index contributed by atoms with van der Waals surface area (Å²) in [7, 11) is 0. The Morgan fingerprint density at radius 3 is 2.59 bits per heavy atom. The second-order valence-corrected chi connectivity index (χ2v) is 8.16. The average Bonchev–Trinajstić information content (AvgIpc) is 3.22. The second kappa shape index (κ2) is 10.8. The van der Waals surface area contributed by atoms with Crippen LogP contribution in [-0.2, 0) is 17.7 Å². The van der Waals surface area contributed by atoms with E-state index in [1.54, 1.807) is 0 Å². The van der Waals surface area contributed by atoms with Gasteiger partial charge in [-0.1, -0.05) is 43.3 Å². The van der Waals surface area contributed by atoms with Crippen LogP contribution in [0.2, 0.25) is 0 Å². The zero-order chi connectivity index (χ0) is 20.6. The van der Waals surface area contributed by atoms with Crippen molar-refractivity contribution < 1.29 is 14.6 Å². The number of ether oxygens (including phenoxy) is 2. The van der Waals surface area contributed by atoms with E-state index in [1.165, 1.54) is 16.7 Å². The lowest BCUT2D eigenvalue weighted by Gasteiger charge is -2.27. The van der Waals surface area contributed by atoms with Crippen molar-refractivity contribution in [3.63, 3.8) is 0 Å². The SMILES string of the molecule is CCc1ccc(CN(CC(O)COc2cccc(C)c2C)CC2CCCO2)cc1. The molecule has 0 radical (unpaired) electrons. The smallest absolute Gasteiger partial charge is 0.122 e. The summed E-state index contributed by atoms with van der Waals surface area (Å²) in [5, 5.41) is 10.7. The van der Waals surface area contributed by atoms with Crippen LogP contribution in [0.5, 0.6) is 5.75 Å². The lowest BCUT2D eigenvalue weighted by Crippen LogP contribution is -2.39. The number of rotatable bonds is 10. The maximum absolute atomic E-state index is 10.7. The van der Waals surface area contributed by atoms with Crippen molar-refractivity contribution in [2.75, 3.05) is 26.3 Å². The Labute approximate surface area is 175 Å². The third kappa shape index (κ3) is 6.56. The molecule has 1 fully saturated rings. The highest BCUT2D eigenvalue weighted by molar-refractivity contribution is 5.38. The topological polar surface area (TPSA) is 41.9 Å². The average molecular weight is 398 g/mol. The molecular formula is C25H35NO3. The highest BCUT2D eigenvalue weighted by atomic mass is 16.5. The molecule has 158 valence electrons. The summed E-state index contributed by atoms with van der Waals surface area (Å²) >= 11 is 0. The summed E-state index contributed by atoms with van der Waals surface area (Å²) in [5.74, 6) is 0.852. The molecule has 4 heteroatoms. The summed E-state index contributed by atoms with van der Waals surface area (Å²) in [6.07, 6.45) is 2.99. The summed E-state index contributed by atoms with van der Waals surface area (Å²) in [5.41, 5.74) is 4.95. The van der Waals surface area contributed by atoms with Crippen LogP contribution in [-0.4, -0.2) is 48.5 Å². The number of hydrogen-bond donors (Lipinski definition) is 1. The van der Waals surface area contributed by atoms with Gasteiger partial charge in [0.2, 0.25) is 0 Å². The van der Waals surface area contributed by atoms with Gasteiger partial charge in [-0.3, -0.25) is 4.90 Å². The van der Waals surface area contributed by atoms with Gasteiger partial charge in [-0.2, -0.15) is 0 Å². The van der Waals surface area contributed by atoms with Crippen LogP contribution < -0.4 is 4.74 Å². The fourth-order valence-electron chi connectivity index (χ4n) is 3.84. The standard InChI is InChI=1S/C25H35NO3/c1-4-21-10-12-22(13-11-21)15-26(17-24-8-6-14-28-24)16-23(27)18-29-25-9-5-7-19(2)20(25)3/h5,7,9-13,23-24,27H,4,6,8,14-18H2,1-3H3. The molecule has 29 heavy (non-hydrogen) atoms. The predicted octanol–water partition coefficient (Wildman–Crippen LogP) is 4.29. The quantitative estimate of drug-likeness (QED) is 0.650. The Bertz CT molecular complexity index is 753. The zero-order valence-electron chi connectivity index (χ0n) is 18.1. The molecule has 1 aliphatic heterocycles. The van der Waals surface area contributed by atoms with Crippen molar-refractivity contribution in [2.24, 2.45) is 0 Å². The van der Waals surface area contributed by atoms with Gasteiger partial charge in [-0.05, 0) is 61.4 Å². The molecule has 2 aromatic carbocycles. The Kier molecular flexibility index (Phi) is 8.10. The minimum absolute atomic E-state index is 0.261. The van der Waals surface area contributed by atoms with Crippen LogP contribution in [0.4, 0.5) is 0 Å². The van der Waals surface area contributed by atoms with Crippen molar-refractivity contribution in [1.82, 2.24) is 4.90 Å². The van der Waals surface area contributed by atoms with E-state index in [0.717, 1.165) is 50.3 Å². The minimum Gasteiger partial charge on any atom is -0.491 e. The van der Waals surface area contributed by atoms with E-state index in [9.17, 15) is 5.11 Å². The van der Waals surface area contributed by atoms with E-state index < -0.39 is 6.10 Å². The van der Waals surface area contributed by atoms with Gasteiger partial charge in [-0.25, -0.2) is 0 Å². The summed E-state index contributed by atoms with van der Waals surface area (Å²) < 4.78 is 11.8. The number of aliphatic hydroxyl groups is 1. The van der Waals surface area contributed by atoms with Crippen molar-refractivity contribution in [2.45, 2.75) is 58.8 Å². The molecule has 2 atom stereocenters. The van der Waals surface area contributed by atoms with Gasteiger partial charge in [0, 0.05) is 26.2 Å². The van der Waals surface area contributed by atoms with Gasteiger partial charge in [0.15, 0.2) is 0 Å². The van der Waals surface area contributed by atoms with Crippen molar-refractivity contribution in [3.05, 3.63) is 64.7 Å². The lowest BCUT2D eigenvalue weighted by molar-refractivity contribution is 0.0312. The molecule has 4 nitrogen and oxygen atoms in total. The van der Waals surface area contributed by atoms with Crippen molar-refractivity contribution in [3.8, 4) is 5.75 Å². The van der Waals surface area contributed by atoms with Crippen molar-refractivity contribution in [1.29, 1.82) is 0 Å². The normalized spacial score (nSPS) is 17.6. The first-order valence-electron chi connectivity index (χ1n) is 10.8. The first-order valence-corrected chi connectivity index (χ1v) is 10.8. The van der Waals surface area contributed by atoms with Crippen LogP contribution >= 0.6 is 0 Å². The van der Waals surface area contributed by atoms with E-state index in [1.807, 2.05) is 12.1 Å². The first-order chi connectivity index (χ1) is 14.0. The molecule has 0 spiro atoms. The molecule has 0 bridgehead atoms. The molecule has 3 rings (SSSR count). The van der Waals surface area contributed by atoms with Gasteiger partial charge >= 0.3 is 0 Å². The van der Waals surface area contributed by atoms with E-state index in [4.69, 9.17) is 9.47 Å². The van der Waals surface area contributed by atoms with Crippen LogP contribution in [0.1, 0.15) is 42.0 Å².